The number of amides is 1. The molecule has 5 heteroatoms. The Hall–Kier alpha value is -2.15. The SMILES string of the molecule is CC(C=NNC(=O)CNc1ccc(I)c(C)c1)=Cc1ccc(C(C)C)cc1. The van der Waals surface area contributed by atoms with Gasteiger partial charge in [-0.15, -0.1) is 0 Å². The molecule has 2 N–H and O–H groups in total. The number of rotatable bonds is 7. The fourth-order valence-electron chi connectivity index (χ4n) is 2.46. The molecule has 0 saturated carbocycles. The molecule has 0 atom stereocenters. The van der Waals surface area contributed by atoms with Crippen molar-refractivity contribution >= 4 is 46.5 Å². The van der Waals surface area contributed by atoms with Gasteiger partial charge in [-0.3, -0.25) is 4.79 Å². The van der Waals surface area contributed by atoms with E-state index in [2.05, 4.69) is 76.5 Å². The molecule has 0 radical (unpaired) electrons. The normalized spacial score (nSPS) is 11.9. The van der Waals surface area contributed by atoms with Crippen molar-refractivity contribution in [3.8, 4) is 0 Å². The summed E-state index contributed by atoms with van der Waals surface area (Å²) in [5.74, 6) is 0.342. The monoisotopic (exact) mass is 475 g/mol. The van der Waals surface area contributed by atoms with Crippen LogP contribution in [0.4, 0.5) is 5.69 Å². The number of carbonyl (C=O) groups excluding carboxylic acids is 1. The van der Waals surface area contributed by atoms with E-state index >= 15 is 0 Å². The van der Waals surface area contributed by atoms with Gasteiger partial charge in [0.05, 0.1) is 12.8 Å². The van der Waals surface area contributed by atoms with Crippen LogP contribution in [0.15, 0.2) is 53.1 Å². The number of hydrogen-bond donors (Lipinski definition) is 2. The summed E-state index contributed by atoms with van der Waals surface area (Å²) in [5.41, 5.74) is 8.05. The largest absolute Gasteiger partial charge is 0.376 e. The number of carbonyl (C=O) groups is 1. The number of nitrogens with one attached hydrogen (secondary N) is 2. The predicted molar refractivity (Wildman–Crippen MR) is 123 cm³/mol. The number of benzene rings is 2. The fourth-order valence-corrected chi connectivity index (χ4v) is 2.80. The van der Waals surface area contributed by atoms with Gasteiger partial charge in [0.25, 0.3) is 5.91 Å². The Balaban J connectivity index is 1.82. The lowest BCUT2D eigenvalue weighted by atomic mass is 10.0. The standard InChI is InChI=1S/C22H26IN3O/c1-15(2)19-7-5-18(6-8-19)11-16(3)13-25-26-22(27)14-24-20-9-10-21(23)17(4)12-20/h5-13,15,24H,14H2,1-4H3,(H,26,27). The summed E-state index contributed by atoms with van der Waals surface area (Å²) in [6.45, 7) is 8.54. The first kappa shape index (κ1) is 21.2. The number of aryl methyl sites for hydroxylation is 1. The predicted octanol–water partition coefficient (Wildman–Crippen LogP) is 5.34. The molecule has 4 nitrogen and oxygen atoms in total. The fraction of sp³-hybridized carbons (Fsp3) is 0.273. The van der Waals surface area contributed by atoms with Crippen LogP contribution in [0.1, 0.15) is 43.4 Å². The van der Waals surface area contributed by atoms with Crippen molar-refractivity contribution in [2.24, 2.45) is 5.10 Å². The minimum absolute atomic E-state index is 0.177. The van der Waals surface area contributed by atoms with Crippen LogP contribution in [-0.2, 0) is 4.79 Å². The number of nitrogens with zero attached hydrogens (tertiary/aromatic N) is 1. The Morgan fingerprint density at radius 2 is 1.89 bits per heavy atom. The Bertz CT molecular complexity index is 839. The van der Waals surface area contributed by atoms with Crippen LogP contribution in [-0.4, -0.2) is 18.7 Å². The van der Waals surface area contributed by atoms with E-state index in [1.807, 2.05) is 38.1 Å². The van der Waals surface area contributed by atoms with Gasteiger partial charge in [-0.1, -0.05) is 44.2 Å². The average Bonchev–Trinajstić information content (AvgIpc) is 2.63. The van der Waals surface area contributed by atoms with E-state index in [4.69, 9.17) is 0 Å². The van der Waals surface area contributed by atoms with Gasteiger partial charge in [-0.25, -0.2) is 5.43 Å². The molecule has 0 saturated heterocycles. The Morgan fingerprint density at radius 3 is 2.52 bits per heavy atom. The number of anilines is 1. The first-order chi connectivity index (χ1) is 12.8. The van der Waals surface area contributed by atoms with Gasteiger partial charge in [0.1, 0.15) is 0 Å². The van der Waals surface area contributed by atoms with E-state index in [0.717, 1.165) is 16.8 Å². The molecular weight excluding hydrogens is 449 g/mol. The number of halogens is 1. The van der Waals surface area contributed by atoms with E-state index in [0.29, 0.717) is 5.92 Å². The summed E-state index contributed by atoms with van der Waals surface area (Å²) in [6, 6.07) is 14.5. The topological polar surface area (TPSA) is 53.5 Å². The lowest BCUT2D eigenvalue weighted by Gasteiger charge is -2.07. The molecular formula is C22H26IN3O. The van der Waals surface area contributed by atoms with E-state index in [9.17, 15) is 4.79 Å². The molecule has 0 aliphatic heterocycles. The molecule has 0 aliphatic carbocycles. The molecule has 0 unspecified atom stereocenters. The molecule has 0 spiro atoms. The lowest BCUT2D eigenvalue weighted by Crippen LogP contribution is -2.25. The maximum atomic E-state index is 11.9. The summed E-state index contributed by atoms with van der Waals surface area (Å²) >= 11 is 2.29. The van der Waals surface area contributed by atoms with Crippen molar-refractivity contribution in [1.29, 1.82) is 0 Å². The van der Waals surface area contributed by atoms with Crippen LogP contribution in [0, 0.1) is 10.5 Å². The van der Waals surface area contributed by atoms with E-state index in [1.165, 1.54) is 14.7 Å². The summed E-state index contributed by atoms with van der Waals surface area (Å²) in [6.07, 6.45) is 3.69. The van der Waals surface area contributed by atoms with Crippen LogP contribution in [0.25, 0.3) is 6.08 Å². The maximum absolute atomic E-state index is 11.9. The van der Waals surface area contributed by atoms with E-state index in [-0.39, 0.29) is 12.5 Å². The van der Waals surface area contributed by atoms with E-state index < -0.39 is 0 Å². The quantitative estimate of drug-likeness (QED) is 0.323. The smallest absolute Gasteiger partial charge is 0.259 e. The molecule has 2 aromatic rings. The van der Waals surface area contributed by atoms with Gasteiger partial charge >= 0.3 is 0 Å². The summed E-state index contributed by atoms with van der Waals surface area (Å²) in [7, 11) is 0. The van der Waals surface area contributed by atoms with E-state index in [1.54, 1.807) is 6.21 Å². The minimum Gasteiger partial charge on any atom is -0.376 e. The van der Waals surface area contributed by atoms with Crippen LogP contribution in [0.2, 0.25) is 0 Å². The Kier molecular flexibility index (Phi) is 8.03. The highest BCUT2D eigenvalue weighted by Gasteiger charge is 2.01. The summed E-state index contributed by atoms with van der Waals surface area (Å²) in [5, 5.41) is 7.12. The molecule has 0 aromatic heterocycles. The number of allylic oxidation sites excluding steroid dienone is 1. The maximum Gasteiger partial charge on any atom is 0.259 e. The highest BCUT2D eigenvalue weighted by Crippen LogP contribution is 2.17. The zero-order valence-electron chi connectivity index (χ0n) is 16.2. The highest BCUT2D eigenvalue weighted by atomic mass is 127. The third kappa shape index (κ3) is 7.17. The van der Waals surface area contributed by atoms with Crippen LogP contribution in [0.5, 0.6) is 0 Å². The lowest BCUT2D eigenvalue weighted by molar-refractivity contribution is -0.119. The minimum atomic E-state index is -0.184. The second kappa shape index (κ2) is 10.3. The second-order valence-electron chi connectivity index (χ2n) is 6.82. The van der Waals surface area contributed by atoms with Crippen LogP contribution in [0.3, 0.4) is 0 Å². The number of hydrogen-bond acceptors (Lipinski definition) is 3. The summed E-state index contributed by atoms with van der Waals surface area (Å²) < 4.78 is 1.20. The second-order valence-corrected chi connectivity index (χ2v) is 7.98. The highest BCUT2D eigenvalue weighted by molar-refractivity contribution is 14.1. The van der Waals surface area contributed by atoms with Gasteiger partial charge in [-0.2, -0.15) is 5.10 Å². The molecule has 2 aromatic carbocycles. The zero-order chi connectivity index (χ0) is 19.8. The van der Waals surface area contributed by atoms with Gasteiger partial charge in [0, 0.05) is 9.26 Å². The third-order valence-electron chi connectivity index (χ3n) is 4.07. The first-order valence-corrected chi connectivity index (χ1v) is 10.0. The molecule has 27 heavy (non-hydrogen) atoms. The Morgan fingerprint density at radius 1 is 1.19 bits per heavy atom. The van der Waals surface area contributed by atoms with Gasteiger partial charge in [-0.05, 0) is 82.8 Å². The van der Waals surface area contributed by atoms with Crippen molar-refractivity contribution in [3.63, 3.8) is 0 Å². The molecule has 0 aliphatic rings. The van der Waals surface area contributed by atoms with Crippen molar-refractivity contribution in [2.45, 2.75) is 33.6 Å². The van der Waals surface area contributed by atoms with Crippen molar-refractivity contribution in [3.05, 3.63) is 68.3 Å². The molecule has 0 heterocycles. The molecule has 142 valence electrons. The van der Waals surface area contributed by atoms with Crippen molar-refractivity contribution in [2.75, 3.05) is 11.9 Å². The van der Waals surface area contributed by atoms with Gasteiger partial charge in [0.2, 0.25) is 0 Å². The third-order valence-corrected chi connectivity index (χ3v) is 5.28. The molecule has 0 fully saturated rings. The van der Waals surface area contributed by atoms with Crippen molar-refractivity contribution < 1.29 is 4.79 Å². The molecule has 1 amide bonds. The van der Waals surface area contributed by atoms with Gasteiger partial charge in [0.15, 0.2) is 0 Å². The van der Waals surface area contributed by atoms with Crippen LogP contribution >= 0.6 is 22.6 Å². The molecule has 0 bridgehead atoms. The first-order valence-electron chi connectivity index (χ1n) is 8.95. The van der Waals surface area contributed by atoms with Gasteiger partial charge < -0.3 is 5.32 Å². The number of hydrazone groups is 1. The zero-order valence-corrected chi connectivity index (χ0v) is 18.4. The average molecular weight is 475 g/mol. The summed E-state index contributed by atoms with van der Waals surface area (Å²) in [4.78, 5) is 11.9. The molecule has 2 rings (SSSR count). The van der Waals surface area contributed by atoms with Crippen molar-refractivity contribution in [1.82, 2.24) is 5.43 Å². The Labute approximate surface area is 175 Å². The van der Waals surface area contributed by atoms with Crippen LogP contribution < -0.4 is 10.7 Å².